The summed E-state index contributed by atoms with van der Waals surface area (Å²) in [7, 11) is -3.41. The molecule has 2 rings (SSSR count). The molecule has 100 valence electrons. The zero-order valence-corrected chi connectivity index (χ0v) is 12.6. The Bertz CT molecular complexity index is 527. The summed E-state index contributed by atoms with van der Waals surface area (Å²) in [4.78, 5) is 0.305. The normalized spacial score (nSPS) is 15.9. The Morgan fingerprint density at radius 1 is 1.39 bits per heavy atom. The molecular weight excluding hydrogens is 316 g/mol. The van der Waals surface area contributed by atoms with Gasteiger partial charge in [0, 0.05) is 23.6 Å². The van der Waals surface area contributed by atoms with E-state index in [-0.39, 0.29) is 0 Å². The third-order valence-corrected chi connectivity index (χ3v) is 5.33. The first-order chi connectivity index (χ1) is 8.53. The van der Waals surface area contributed by atoms with Gasteiger partial charge >= 0.3 is 0 Å². The molecule has 0 saturated heterocycles. The molecule has 1 aliphatic carbocycles. The summed E-state index contributed by atoms with van der Waals surface area (Å²) in [5.74, 6) is 0. The second-order valence-electron chi connectivity index (χ2n) is 4.42. The number of sulfonamides is 1. The lowest BCUT2D eigenvalue weighted by Gasteiger charge is -2.10. The van der Waals surface area contributed by atoms with Crippen molar-refractivity contribution in [3.05, 3.63) is 28.2 Å². The van der Waals surface area contributed by atoms with Gasteiger partial charge in [-0.3, -0.25) is 0 Å². The van der Waals surface area contributed by atoms with E-state index < -0.39 is 10.0 Å². The Hall–Kier alpha value is -0.430. The summed E-state index contributed by atoms with van der Waals surface area (Å²) in [5, 5.41) is 3.37. The van der Waals surface area contributed by atoms with E-state index in [4.69, 9.17) is 0 Å². The maximum atomic E-state index is 12.0. The number of rotatable bonds is 6. The third-order valence-electron chi connectivity index (χ3n) is 2.79. The molecule has 2 N–H and O–H groups in total. The molecule has 0 radical (unpaired) electrons. The molecule has 1 fully saturated rings. The molecular formula is C12H17BrN2O2S. The van der Waals surface area contributed by atoms with Crippen LogP contribution in [0.3, 0.4) is 0 Å². The Labute approximate surface area is 116 Å². The fraction of sp³-hybridized carbons (Fsp3) is 0.500. The standard InChI is InChI=1S/C12H17BrN2O2S/c1-2-15-18(16,17)12-7-9(3-6-11(12)13)8-14-10-4-5-10/h3,6-7,10,14-15H,2,4-5,8H2,1H3. The summed E-state index contributed by atoms with van der Waals surface area (Å²) in [6.45, 7) is 2.87. The molecule has 1 saturated carbocycles. The van der Waals surface area contributed by atoms with Gasteiger partial charge in [0.1, 0.15) is 0 Å². The lowest BCUT2D eigenvalue weighted by molar-refractivity contribution is 0.583. The molecule has 0 aliphatic heterocycles. The molecule has 4 nitrogen and oxygen atoms in total. The molecule has 1 aromatic rings. The number of nitrogens with one attached hydrogen (secondary N) is 2. The number of hydrogen-bond donors (Lipinski definition) is 2. The first kappa shape index (κ1) is 14.0. The summed E-state index contributed by atoms with van der Waals surface area (Å²) < 4.78 is 27.1. The van der Waals surface area contributed by atoms with Crippen LogP contribution < -0.4 is 10.0 Å². The van der Waals surface area contributed by atoms with Gasteiger partial charge in [-0.05, 0) is 46.5 Å². The molecule has 0 amide bonds. The molecule has 0 atom stereocenters. The summed E-state index contributed by atoms with van der Waals surface area (Å²) in [5.41, 5.74) is 0.988. The van der Waals surface area contributed by atoms with E-state index in [1.807, 2.05) is 6.07 Å². The second kappa shape index (κ2) is 5.69. The van der Waals surface area contributed by atoms with E-state index in [1.165, 1.54) is 12.8 Å². The van der Waals surface area contributed by atoms with Crippen LogP contribution in [0, 0.1) is 0 Å². The largest absolute Gasteiger partial charge is 0.310 e. The van der Waals surface area contributed by atoms with E-state index >= 15 is 0 Å². The zero-order valence-electron chi connectivity index (χ0n) is 10.2. The SMILES string of the molecule is CCNS(=O)(=O)c1cc(CNC2CC2)ccc1Br. The van der Waals surface area contributed by atoms with Gasteiger partial charge < -0.3 is 5.32 Å². The smallest absolute Gasteiger partial charge is 0.241 e. The molecule has 1 aliphatic rings. The maximum absolute atomic E-state index is 12.0. The fourth-order valence-electron chi connectivity index (χ4n) is 1.68. The van der Waals surface area contributed by atoms with Crippen molar-refractivity contribution in [3.8, 4) is 0 Å². The van der Waals surface area contributed by atoms with Crippen molar-refractivity contribution in [2.75, 3.05) is 6.54 Å². The van der Waals surface area contributed by atoms with Crippen LogP contribution in [0.2, 0.25) is 0 Å². The van der Waals surface area contributed by atoms with Crippen LogP contribution in [0.4, 0.5) is 0 Å². The van der Waals surface area contributed by atoms with Gasteiger partial charge in [-0.25, -0.2) is 13.1 Å². The lowest BCUT2D eigenvalue weighted by Crippen LogP contribution is -2.24. The van der Waals surface area contributed by atoms with Crippen LogP contribution in [0.15, 0.2) is 27.6 Å². The Morgan fingerprint density at radius 3 is 2.72 bits per heavy atom. The highest BCUT2D eigenvalue weighted by atomic mass is 79.9. The Morgan fingerprint density at radius 2 is 2.11 bits per heavy atom. The summed E-state index contributed by atoms with van der Waals surface area (Å²) in [6.07, 6.45) is 2.44. The predicted molar refractivity (Wildman–Crippen MR) is 74.9 cm³/mol. The lowest BCUT2D eigenvalue weighted by atomic mass is 10.2. The molecule has 0 aromatic heterocycles. The number of hydrogen-bond acceptors (Lipinski definition) is 3. The minimum atomic E-state index is -3.41. The minimum absolute atomic E-state index is 0.305. The monoisotopic (exact) mass is 332 g/mol. The molecule has 0 bridgehead atoms. The van der Waals surface area contributed by atoms with E-state index in [9.17, 15) is 8.42 Å². The van der Waals surface area contributed by atoms with E-state index in [0.717, 1.165) is 5.56 Å². The van der Waals surface area contributed by atoms with Crippen molar-refractivity contribution < 1.29 is 8.42 Å². The molecule has 18 heavy (non-hydrogen) atoms. The second-order valence-corrected chi connectivity index (χ2v) is 7.01. The van der Waals surface area contributed by atoms with Gasteiger partial charge in [-0.1, -0.05) is 13.0 Å². The highest BCUT2D eigenvalue weighted by Gasteiger charge is 2.21. The maximum Gasteiger partial charge on any atom is 0.241 e. The zero-order chi connectivity index (χ0) is 13.2. The predicted octanol–water partition coefficient (Wildman–Crippen LogP) is 2.00. The fourth-order valence-corrected chi connectivity index (χ4v) is 3.73. The van der Waals surface area contributed by atoms with Crippen molar-refractivity contribution in [1.29, 1.82) is 0 Å². The van der Waals surface area contributed by atoms with Crippen LogP contribution in [-0.4, -0.2) is 21.0 Å². The topological polar surface area (TPSA) is 58.2 Å². The summed E-state index contributed by atoms with van der Waals surface area (Å²) in [6, 6.07) is 6.05. The van der Waals surface area contributed by atoms with Gasteiger partial charge in [-0.15, -0.1) is 0 Å². The average Bonchev–Trinajstić information content (AvgIpc) is 3.11. The summed E-state index contributed by atoms with van der Waals surface area (Å²) >= 11 is 3.29. The van der Waals surface area contributed by atoms with Gasteiger partial charge in [0.15, 0.2) is 0 Å². The van der Waals surface area contributed by atoms with Gasteiger partial charge in [0.05, 0.1) is 4.90 Å². The number of benzene rings is 1. The van der Waals surface area contributed by atoms with Crippen LogP contribution in [-0.2, 0) is 16.6 Å². The van der Waals surface area contributed by atoms with Crippen molar-refractivity contribution in [2.45, 2.75) is 37.2 Å². The van der Waals surface area contributed by atoms with E-state index in [1.54, 1.807) is 19.1 Å². The van der Waals surface area contributed by atoms with Crippen LogP contribution in [0.1, 0.15) is 25.3 Å². The number of halogens is 1. The highest BCUT2D eigenvalue weighted by molar-refractivity contribution is 9.10. The molecule has 0 heterocycles. The molecule has 0 unspecified atom stereocenters. The molecule has 6 heteroatoms. The van der Waals surface area contributed by atoms with E-state index in [2.05, 4.69) is 26.0 Å². The molecule has 0 spiro atoms. The first-order valence-corrected chi connectivity index (χ1v) is 8.32. The van der Waals surface area contributed by atoms with Crippen LogP contribution >= 0.6 is 15.9 Å². The average molecular weight is 333 g/mol. The minimum Gasteiger partial charge on any atom is -0.310 e. The van der Waals surface area contributed by atoms with Crippen LogP contribution in [0.5, 0.6) is 0 Å². The Balaban J connectivity index is 2.19. The molecule has 1 aromatic carbocycles. The van der Waals surface area contributed by atoms with Crippen LogP contribution in [0.25, 0.3) is 0 Å². The van der Waals surface area contributed by atoms with Crippen molar-refractivity contribution in [2.24, 2.45) is 0 Å². The quantitative estimate of drug-likeness (QED) is 0.837. The van der Waals surface area contributed by atoms with Gasteiger partial charge in [0.2, 0.25) is 10.0 Å². The van der Waals surface area contributed by atoms with Crippen molar-refractivity contribution in [1.82, 2.24) is 10.0 Å². The van der Waals surface area contributed by atoms with Crippen molar-refractivity contribution >= 4 is 26.0 Å². The van der Waals surface area contributed by atoms with Gasteiger partial charge in [0.25, 0.3) is 0 Å². The third kappa shape index (κ3) is 3.54. The van der Waals surface area contributed by atoms with E-state index in [0.29, 0.717) is 28.5 Å². The first-order valence-electron chi connectivity index (χ1n) is 6.04. The highest BCUT2D eigenvalue weighted by Crippen LogP contribution is 2.24. The van der Waals surface area contributed by atoms with Gasteiger partial charge in [-0.2, -0.15) is 0 Å². The van der Waals surface area contributed by atoms with Crippen molar-refractivity contribution in [3.63, 3.8) is 0 Å². The Kier molecular flexibility index (Phi) is 4.42.